The van der Waals surface area contributed by atoms with Gasteiger partial charge in [-0.1, -0.05) is 42.5 Å². The molecule has 0 spiro atoms. The van der Waals surface area contributed by atoms with Gasteiger partial charge in [0.05, 0.1) is 7.11 Å². The highest BCUT2D eigenvalue weighted by Crippen LogP contribution is 2.22. The van der Waals surface area contributed by atoms with E-state index < -0.39 is 5.97 Å². The van der Waals surface area contributed by atoms with E-state index in [1.54, 1.807) is 37.5 Å². The van der Waals surface area contributed by atoms with Gasteiger partial charge in [-0.2, -0.15) is 0 Å². The van der Waals surface area contributed by atoms with Gasteiger partial charge < -0.3 is 14.2 Å². The largest absolute Gasteiger partial charge is 0.497 e. The van der Waals surface area contributed by atoms with Crippen molar-refractivity contribution in [2.24, 2.45) is 4.99 Å². The van der Waals surface area contributed by atoms with Crippen LogP contribution in [0.15, 0.2) is 89.6 Å². The Balaban J connectivity index is 1.45. The fourth-order valence-electron chi connectivity index (χ4n) is 2.83. The van der Waals surface area contributed by atoms with Crippen LogP contribution in [-0.4, -0.2) is 19.0 Å². The van der Waals surface area contributed by atoms with Gasteiger partial charge >= 0.3 is 5.97 Å². The molecular weight excluding hydrogens is 366 g/mol. The number of carbonyl (C=O) groups excluding carboxylic acids is 1. The fourth-order valence-corrected chi connectivity index (χ4v) is 2.83. The van der Waals surface area contributed by atoms with Gasteiger partial charge in [-0.05, 0) is 53.6 Å². The molecule has 144 valence electrons. The third kappa shape index (κ3) is 4.52. The summed E-state index contributed by atoms with van der Waals surface area (Å²) in [5.74, 6) is 1.29. The van der Waals surface area contributed by atoms with Crippen molar-refractivity contribution in [1.29, 1.82) is 0 Å². The minimum atomic E-state index is -0.472. The first kappa shape index (κ1) is 18.5. The lowest BCUT2D eigenvalue weighted by molar-refractivity contribution is -0.129. The molecular formula is C24H19NO4. The molecule has 0 aliphatic carbocycles. The number of esters is 1. The van der Waals surface area contributed by atoms with Crippen LogP contribution in [0.4, 0.5) is 0 Å². The SMILES string of the molecule is COc1ccc(C2=NC(=Cc3ccc(OCc4ccccc4)cc3)C(=O)O2)cc1. The first-order chi connectivity index (χ1) is 14.2. The number of aliphatic imine (C=N–C) groups is 1. The second-order valence-corrected chi connectivity index (χ2v) is 6.41. The second kappa shape index (κ2) is 8.44. The maximum absolute atomic E-state index is 12.2. The molecule has 0 saturated carbocycles. The number of benzene rings is 3. The molecule has 1 heterocycles. The summed E-state index contributed by atoms with van der Waals surface area (Å²) in [5, 5.41) is 0. The normalized spacial score (nSPS) is 14.4. The van der Waals surface area contributed by atoms with Gasteiger partial charge in [-0.15, -0.1) is 0 Å². The summed E-state index contributed by atoms with van der Waals surface area (Å²) >= 11 is 0. The first-order valence-electron chi connectivity index (χ1n) is 9.15. The van der Waals surface area contributed by atoms with E-state index in [2.05, 4.69) is 4.99 Å². The Morgan fingerprint density at radius 1 is 0.897 bits per heavy atom. The molecule has 0 amide bonds. The summed E-state index contributed by atoms with van der Waals surface area (Å²) in [6, 6.07) is 24.6. The molecule has 1 aliphatic heterocycles. The van der Waals surface area contributed by atoms with Crippen molar-refractivity contribution in [3.05, 3.63) is 101 Å². The summed E-state index contributed by atoms with van der Waals surface area (Å²) in [4.78, 5) is 16.5. The van der Waals surface area contributed by atoms with Crippen molar-refractivity contribution in [3.8, 4) is 11.5 Å². The highest BCUT2D eigenvalue weighted by Gasteiger charge is 2.24. The van der Waals surface area contributed by atoms with Crippen LogP contribution < -0.4 is 9.47 Å². The summed E-state index contributed by atoms with van der Waals surface area (Å²) in [7, 11) is 1.60. The van der Waals surface area contributed by atoms with Gasteiger partial charge in [-0.25, -0.2) is 9.79 Å². The Bertz CT molecular complexity index is 1050. The van der Waals surface area contributed by atoms with Crippen LogP contribution in [0.1, 0.15) is 16.7 Å². The molecule has 4 rings (SSSR count). The Hall–Kier alpha value is -3.86. The Labute approximate surface area is 168 Å². The molecule has 0 saturated heterocycles. The maximum atomic E-state index is 12.2. The molecule has 0 atom stereocenters. The number of hydrogen-bond acceptors (Lipinski definition) is 5. The fraction of sp³-hybridized carbons (Fsp3) is 0.0833. The second-order valence-electron chi connectivity index (χ2n) is 6.41. The van der Waals surface area contributed by atoms with E-state index in [-0.39, 0.29) is 11.6 Å². The number of nitrogens with zero attached hydrogens (tertiary/aromatic N) is 1. The zero-order valence-corrected chi connectivity index (χ0v) is 15.9. The van der Waals surface area contributed by atoms with E-state index in [4.69, 9.17) is 14.2 Å². The van der Waals surface area contributed by atoms with Crippen molar-refractivity contribution in [2.75, 3.05) is 7.11 Å². The van der Waals surface area contributed by atoms with E-state index in [1.165, 1.54) is 0 Å². The molecule has 0 N–H and O–H groups in total. The Morgan fingerprint density at radius 2 is 1.59 bits per heavy atom. The third-order valence-electron chi connectivity index (χ3n) is 4.39. The van der Waals surface area contributed by atoms with E-state index in [9.17, 15) is 4.79 Å². The van der Waals surface area contributed by atoms with Crippen LogP contribution in [0.2, 0.25) is 0 Å². The average Bonchev–Trinajstić information content (AvgIpc) is 3.14. The van der Waals surface area contributed by atoms with E-state index in [0.29, 0.717) is 12.2 Å². The zero-order valence-electron chi connectivity index (χ0n) is 15.9. The zero-order chi connectivity index (χ0) is 20.1. The Morgan fingerprint density at radius 3 is 2.28 bits per heavy atom. The van der Waals surface area contributed by atoms with Gasteiger partial charge in [-0.3, -0.25) is 0 Å². The number of methoxy groups -OCH3 is 1. The minimum absolute atomic E-state index is 0.258. The average molecular weight is 385 g/mol. The molecule has 0 aromatic heterocycles. The van der Waals surface area contributed by atoms with Crippen LogP contribution in [0.3, 0.4) is 0 Å². The quantitative estimate of drug-likeness (QED) is 0.459. The lowest BCUT2D eigenvalue weighted by Crippen LogP contribution is -2.05. The summed E-state index contributed by atoms with van der Waals surface area (Å²) < 4.78 is 16.2. The van der Waals surface area contributed by atoms with E-state index in [0.717, 1.165) is 22.6 Å². The minimum Gasteiger partial charge on any atom is -0.497 e. The van der Waals surface area contributed by atoms with Crippen LogP contribution in [-0.2, 0) is 16.1 Å². The van der Waals surface area contributed by atoms with E-state index in [1.807, 2.05) is 54.6 Å². The van der Waals surface area contributed by atoms with Gasteiger partial charge in [0.25, 0.3) is 0 Å². The third-order valence-corrected chi connectivity index (χ3v) is 4.39. The lowest BCUT2D eigenvalue weighted by atomic mass is 10.2. The molecule has 5 nitrogen and oxygen atoms in total. The topological polar surface area (TPSA) is 57.1 Å². The summed E-state index contributed by atoms with van der Waals surface area (Å²) in [6.45, 7) is 0.503. The van der Waals surface area contributed by atoms with Crippen molar-refractivity contribution >= 4 is 17.9 Å². The lowest BCUT2D eigenvalue weighted by Gasteiger charge is -2.06. The smallest absolute Gasteiger partial charge is 0.363 e. The van der Waals surface area contributed by atoms with Gasteiger partial charge in [0, 0.05) is 5.56 Å². The van der Waals surface area contributed by atoms with Gasteiger partial charge in [0.2, 0.25) is 5.90 Å². The predicted octanol–water partition coefficient (Wildman–Crippen LogP) is 4.62. The molecule has 3 aromatic carbocycles. The van der Waals surface area contributed by atoms with Crippen molar-refractivity contribution < 1.29 is 19.0 Å². The number of rotatable bonds is 6. The molecule has 0 bridgehead atoms. The van der Waals surface area contributed by atoms with Crippen LogP contribution in [0.25, 0.3) is 6.08 Å². The highest BCUT2D eigenvalue weighted by atomic mass is 16.6. The maximum Gasteiger partial charge on any atom is 0.363 e. The first-order valence-corrected chi connectivity index (χ1v) is 9.15. The van der Waals surface area contributed by atoms with Crippen LogP contribution in [0, 0.1) is 0 Å². The monoisotopic (exact) mass is 385 g/mol. The van der Waals surface area contributed by atoms with Crippen molar-refractivity contribution in [2.45, 2.75) is 6.61 Å². The molecule has 0 unspecified atom stereocenters. The molecule has 29 heavy (non-hydrogen) atoms. The molecule has 0 radical (unpaired) electrons. The Kier molecular flexibility index (Phi) is 5.38. The predicted molar refractivity (Wildman–Crippen MR) is 111 cm³/mol. The standard InChI is InChI=1S/C24H19NO4/c1-27-20-13-9-19(10-14-20)23-25-22(24(26)29-23)15-17-7-11-21(12-8-17)28-16-18-5-3-2-4-6-18/h2-15H,16H2,1H3. The van der Waals surface area contributed by atoms with Gasteiger partial charge in [0.15, 0.2) is 5.70 Å². The van der Waals surface area contributed by atoms with Crippen molar-refractivity contribution in [1.82, 2.24) is 0 Å². The number of cyclic esters (lactones) is 1. The van der Waals surface area contributed by atoms with Gasteiger partial charge in [0.1, 0.15) is 18.1 Å². The van der Waals surface area contributed by atoms with Crippen LogP contribution in [0.5, 0.6) is 11.5 Å². The number of hydrogen-bond donors (Lipinski definition) is 0. The van der Waals surface area contributed by atoms with E-state index >= 15 is 0 Å². The molecule has 3 aromatic rings. The number of carbonyl (C=O) groups is 1. The highest BCUT2D eigenvalue weighted by molar-refractivity contribution is 6.12. The number of ether oxygens (including phenoxy) is 3. The molecule has 5 heteroatoms. The van der Waals surface area contributed by atoms with Crippen LogP contribution >= 0.6 is 0 Å². The summed E-state index contributed by atoms with van der Waals surface area (Å²) in [5.41, 5.74) is 2.91. The molecule has 0 fully saturated rings. The summed E-state index contributed by atoms with van der Waals surface area (Å²) in [6.07, 6.45) is 1.69. The molecule has 1 aliphatic rings. The van der Waals surface area contributed by atoms with Crippen molar-refractivity contribution in [3.63, 3.8) is 0 Å².